The van der Waals surface area contributed by atoms with Crippen molar-refractivity contribution in [1.82, 2.24) is 5.43 Å². The molecule has 0 bridgehead atoms. The molecule has 4 rings (SSSR count). The summed E-state index contributed by atoms with van der Waals surface area (Å²) in [6.45, 7) is 5.61. The van der Waals surface area contributed by atoms with E-state index in [9.17, 15) is 4.79 Å². The van der Waals surface area contributed by atoms with Gasteiger partial charge in [0.05, 0.1) is 12.2 Å². The Morgan fingerprint density at radius 2 is 1.84 bits per heavy atom. The van der Waals surface area contributed by atoms with Gasteiger partial charge in [0.2, 0.25) is 0 Å². The van der Waals surface area contributed by atoms with Gasteiger partial charge in [-0.05, 0) is 44.2 Å². The van der Waals surface area contributed by atoms with E-state index in [4.69, 9.17) is 0 Å². The van der Waals surface area contributed by atoms with E-state index in [0.29, 0.717) is 18.2 Å². The van der Waals surface area contributed by atoms with E-state index in [1.165, 1.54) is 29.5 Å². The first-order chi connectivity index (χ1) is 12.1. The van der Waals surface area contributed by atoms with E-state index in [1.807, 2.05) is 29.2 Å². The molecule has 1 saturated carbocycles. The van der Waals surface area contributed by atoms with Crippen molar-refractivity contribution in [2.24, 2.45) is 11.0 Å². The molecular weight excluding hydrogens is 310 g/mol. The summed E-state index contributed by atoms with van der Waals surface area (Å²) in [4.78, 5) is 14.7. The molecule has 0 aromatic heterocycles. The number of benzene rings is 2. The van der Waals surface area contributed by atoms with E-state index in [1.54, 1.807) is 0 Å². The van der Waals surface area contributed by atoms with Crippen LogP contribution in [0.5, 0.6) is 0 Å². The zero-order valence-electron chi connectivity index (χ0n) is 14.7. The highest BCUT2D eigenvalue weighted by Gasteiger charge is 2.37. The molecule has 1 N–H and O–H groups in total. The molecule has 1 heterocycles. The van der Waals surface area contributed by atoms with Crippen molar-refractivity contribution in [2.75, 3.05) is 11.4 Å². The van der Waals surface area contributed by atoms with Crippen molar-refractivity contribution < 1.29 is 4.79 Å². The fourth-order valence-electron chi connectivity index (χ4n) is 3.49. The molecule has 0 saturated heterocycles. The zero-order chi connectivity index (χ0) is 17.4. The highest BCUT2D eigenvalue weighted by molar-refractivity contribution is 6.54. The molecule has 1 fully saturated rings. The molecule has 1 amide bonds. The summed E-state index contributed by atoms with van der Waals surface area (Å²) in [5, 5.41) is 4.45. The Bertz CT molecular complexity index is 832. The number of hydrazone groups is 1. The number of hydrogen-bond donors (Lipinski definition) is 1. The predicted octanol–water partition coefficient (Wildman–Crippen LogP) is 3.55. The number of fused-ring (bicyclic) bond motifs is 1. The molecule has 2 aromatic carbocycles. The first-order valence-corrected chi connectivity index (χ1v) is 8.91. The van der Waals surface area contributed by atoms with Gasteiger partial charge >= 0.3 is 0 Å². The van der Waals surface area contributed by atoms with E-state index >= 15 is 0 Å². The third-order valence-electron chi connectivity index (χ3n) is 4.79. The molecule has 2 aliphatic rings. The van der Waals surface area contributed by atoms with Crippen LogP contribution >= 0.6 is 0 Å². The Balaban J connectivity index is 1.54. The van der Waals surface area contributed by atoms with Gasteiger partial charge in [0.25, 0.3) is 5.91 Å². The summed E-state index contributed by atoms with van der Waals surface area (Å²) < 4.78 is 0. The molecule has 0 spiro atoms. The van der Waals surface area contributed by atoms with Crippen LogP contribution in [0, 0.1) is 19.8 Å². The first-order valence-electron chi connectivity index (χ1n) is 8.91. The van der Waals surface area contributed by atoms with Gasteiger partial charge in [0, 0.05) is 12.1 Å². The van der Waals surface area contributed by atoms with Crippen molar-refractivity contribution in [3.8, 4) is 0 Å². The molecule has 0 atom stereocenters. The molecule has 4 heteroatoms. The van der Waals surface area contributed by atoms with Crippen LogP contribution in [0.2, 0.25) is 0 Å². The number of carbonyl (C=O) groups is 1. The van der Waals surface area contributed by atoms with Crippen LogP contribution in [-0.4, -0.2) is 18.2 Å². The van der Waals surface area contributed by atoms with Gasteiger partial charge < -0.3 is 10.3 Å². The SMILES string of the molecule is Cc1cc(C)cc(CN/N=C2/C(=O)N(CC3CC3)c3ccccc32)c1. The lowest BCUT2D eigenvalue weighted by atomic mass is 10.1. The lowest BCUT2D eigenvalue weighted by molar-refractivity contribution is -0.112. The Morgan fingerprint density at radius 3 is 2.56 bits per heavy atom. The Kier molecular flexibility index (Phi) is 4.04. The third-order valence-corrected chi connectivity index (χ3v) is 4.79. The molecule has 0 radical (unpaired) electrons. The Labute approximate surface area is 148 Å². The topological polar surface area (TPSA) is 44.7 Å². The number of amides is 1. The number of anilines is 1. The Hall–Kier alpha value is -2.62. The van der Waals surface area contributed by atoms with Crippen LogP contribution in [0.4, 0.5) is 5.69 Å². The van der Waals surface area contributed by atoms with Crippen LogP contribution in [0.3, 0.4) is 0 Å². The summed E-state index contributed by atoms with van der Waals surface area (Å²) in [5.74, 6) is 0.667. The molecule has 1 aliphatic carbocycles. The van der Waals surface area contributed by atoms with Crippen molar-refractivity contribution in [1.29, 1.82) is 0 Å². The van der Waals surface area contributed by atoms with Gasteiger partial charge in [-0.3, -0.25) is 4.79 Å². The average molecular weight is 333 g/mol. The number of nitrogens with one attached hydrogen (secondary N) is 1. The number of rotatable bonds is 5. The minimum Gasteiger partial charge on any atom is -0.306 e. The summed E-state index contributed by atoms with van der Waals surface area (Å²) in [7, 11) is 0. The van der Waals surface area contributed by atoms with E-state index < -0.39 is 0 Å². The molecule has 128 valence electrons. The quantitative estimate of drug-likeness (QED) is 0.851. The maximum absolute atomic E-state index is 12.8. The second-order valence-electron chi connectivity index (χ2n) is 7.17. The fraction of sp³-hybridized carbons (Fsp3) is 0.333. The van der Waals surface area contributed by atoms with Gasteiger partial charge in [0.15, 0.2) is 5.71 Å². The van der Waals surface area contributed by atoms with Crippen LogP contribution in [0.25, 0.3) is 0 Å². The van der Waals surface area contributed by atoms with E-state index in [0.717, 1.165) is 17.8 Å². The summed E-state index contributed by atoms with van der Waals surface area (Å²) in [5.41, 5.74) is 9.20. The van der Waals surface area contributed by atoms with Crippen LogP contribution < -0.4 is 10.3 Å². The summed E-state index contributed by atoms with van der Waals surface area (Å²) in [6.07, 6.45) is 2.45. The van der Waals surface area contributed by atoms with Gasteiger partial charge in [-0.1, -0.05) is 47.5 Å². The highest BCUT2D eigenvalue weighted by Crippen LogP contribution is 2.35. The zero-order valence-corrected chi connectivity index (χ0v) is 14.7. The van der Waals surface area contributed by atoms with E-state index in [2.05, 4.69) is 42.6 Å². The number of hydrogen-bond acceptors (Lipinski definition) is 3. The van der Waals surface area contributed by atoms with Crippen LogP contribution in [0.15, 0.2) is 47.6 Å². The molecule has 1 aliphatic heterocycles. The minimum atomic E-state index is 0.0148. The van der Waals surface area contributed by atoms with E-state index in [-0.39, 0.29) is 5.91 Å². The summed E-state index contributed by atoms with van der Waals surface area (Å²) >= 11 is 0. The molecular formula is C21H23N3O. The maximum atomic E-state index is 12.8. The normalized spacial score (nSPS) is 17.9. The van der Waals surface area contributed by atoms with Crippen molar-refractivity contribution in [3.05, 3.63) is 64.7 Å². The Morgan fingerprint density at radius 1 is 1.12 bits per heavy atom. The second-order valence-corrected chi connectivity index (χ2v) is 7.17. The number of aryl methyl sites for hydroxylation is 2. The lowest BCUT2D eigenvalue weighted by Crippen LogP contribution is -2.32. The number of para-hydroxylation sites is 1. The summed E-state index contributed by atoms with van der Waals surface area (Å²) in [6, 6.07) is 14.4. The average Bonchev–Trinajstić information content (AvgIpc) is 3.35. The second kappa shape index (κ2) is 6.36. The van der Waals surface area contributed by atoms with Crippen LogP contribution in [0.1, 0.15) is 35.1 Å². The third kappa shape index (κ3) is 3.29. The number of carbonyl (C=O) groups excluding carboxylic acids is 1. The maximum Gasteiger partial charge on any atom is 0.279 e. The molecule has 2 aromatic rings. The number of nitrogens with zero attached hydrogens (tertiary/aromatic N) is 2. The van der Waals surface area contributed by atoms with Crippen LogP contribution in [-0.2, 0) is 11.3 Å². The largest absolute Gasteiger partial charge is 0.306 e. The van der Waals surface area contributed by atoms with Gasteiger partial charge in [-0.25, -0.2) is 0 Å². The van der Waals surface area contributed by atoms with Crippen molar-refractivity contribution in [2.45, 2.75) is 33.2 Å². The first kappa shape index (κ1) is 15.9. The van der Waals surface area contributed by atoms with Gasteiger partial charge in [0.1, 0.15) is 0 Å². The fourth-order valence-corrected chi connectivity index (χ4v) is 3.49. The minimum absolute atomic E-state index is 0.0148. The van der Waals surface area contributed by atoms with Gasteiger partial charge in [-0.2, -0.15) is 5.10 Å². The molecule has 25 heavy (non-hydrogen) atoms. The smallest absolute Gasteiger partial charge is 0.279 e. The lowest BCUT2D eigenvalue weighted by Gasteiger charge is -2.15. The highest BCUT2D eigenvalue weighted by atomic mass is 16.2. The standard InChI is InChI=1S/C21H23N3O/c1-14-9-15(2)11-17(10-14)12-22-23-20-18-5-3-4-6-19(18)24(21(20)25)13-16-7-8-16/h3-6,9-11,16,22H,7-8,12-13H2,1-2H3/b23-20+. The van der Waals surface area contributed by atoms with Crippen molar-refractivity contribution >= 4 is 17.3 Å². The molecule has 0 unspecified atom stereocenters. The monoisotopic (exact) mass is 333 g/mol. The van der Waals surface area contributed by atoms with Crippen molar-refractivity contribution in [3.63, 3.8) is 0 Å². The molecule has 4 nitrogen and oxygen atoms in total. The van der Waals surface area contributed by atoms with Gasteiger partial charge in [-0.15, -0.1) is 0 Å². The predicted molar refractivity (Wildman–Crippen MR) is 101 cm³/mol.